The third-order valence-electron chi connectivity index (χ3n) is 3.37. The summed E-state index contributed by atoms with van der Waals surface area (Å²) in [4.78, 5) is 23.3. The summed E-state index contributed by atoms with van der Waals surface area (Å²) in [7, 11) is 0. The van der Waals surface area contributed by atoms with Crippen molar-refractivity contribution in [2.45, 2.75) is 19.4 Å². The van der Waals surface area contributed by atoms with Gasteiger partial charge in [-0.1, -0.05) is 30.3 Å². The number of urea groups is 1. The second-order valence-electron chi connectivity index (χ2n) is 5.17. The average molecular weight is 314 g/mol. The smallest absolute Gasteiger partial charge is 0.326 e. The molecular formula is C17H18N2O4. The predicted octanol–water partition coefficient (Wildman–Crippen LogP) is 2.52. The fourth-order valence-electron chi connectivity index (χ4n) is 2.10. The summed E-state index contributed by atoms with van der Waals surface area (Å²) in [6.45, 7) is 1.85. The molecule has 6 heteroatoms. The highest BCUT2D eigenvalue weighted by Crippen LogP contribution is 2.14. The van der Waals surface area contributed by atoms with E-state index in [1.165, 1.54) is 12.1 Å². The number of carboxylic acids is 1. The van der Waals surface area contributed by atoms with Crippen molar-refractivity contribution in [2.75, 3.05) is 5.32 Å². The fraction of sp³-hybridized carbons (Fsp3) is 0.176. The Kier molecular flexibility index (Phi) is 5.19. The van der Waals surface area contributed by atoms with Crippen LogP contribution in [0.2, 0.25) is 0 Å². The first-order valence-corrected chi connectivity index (χ1v) is 7.09. The summed E-state index contributed by atoms with van der Waals surface area (Å²) in [5, 5.41) is 23.6. The van der Waals surface area contributed by atoms with Crippen LogP contribution in [-0.2, 0) is 11.2 Å². The van der Waals surface area contributed by atoms with Crippen LogP contribution in [0.4, 0.5) is 10.5 Å². The number of carbonyl (C=O) groups excluding carboxylic acids is 1. The Hall–Kier alpha value is -3.02. The number of para-hydroxylation sites is 1. The molecule has 1 unspecified atom stereocenters. The lowest BCUT2D eigenvalue weighted by Crippen LogP contribution is -2.44. The molecule has 0 radical (unpaired) electrons. The van der Waals surface area contributed by atoms with Gasteiger partial charge in [-0.05, 0) is 36.2 Å². The van der Waals surface area contributed by atoms with Crippen molar-refractivity contribution in [3.05, 3.63) is 59.7 Å². The lowest BCUT2D eigenvalue weighted by Gasteiger charge is -2.16. The van der Waals surface area contributed by atoms with Crippen molar-refractivity contribution >= 4 is 17.7 Å². The Morgan fingerprint density at radius 2 is 1.74 bits per heavy atom. The summed E-state index contributed by atoms with van der Waals surface area (Å²) < 4.78 is 0. The van der Waals surface area contributed by atoms with E-state index in [9.17, 15) is 19.8 Å². The summed E-state index contributed by atoms with van der Waals surface area (Å²) in [6, 6.07) is 11.8. The van der Waals surface area contributed by atoms with Crippen molar-refractivity contribution in [3.63, 3.8) is 0 Å². The number of amides is 2. The minimum atomic E-state index is -1.13. The van der Waals surface area contributed by atoms with Gasteiger partial charge in [-0.3, -0.25) is 0 Å². The molecule has 6 nitrogen and oxygen atoms in total. The van der Waals surface area contributed by atoms with E-state index in [1.54, 1.807) is 24.3 Å². The van der Waals surface area contributed by atoms with Gasteiger partial charge in [0.05, 0.1) is 0 Å². The maximum absolute atomic E-state index is 12.0. The molecule has 2 rings (SSSR count). The lowest BCUT2D eigenvalue weighted by molar-refractivity contribution is -0.139. The number of carboxylic acid groups (broad SMARTS) is 1. The van der Waals surface area contributed by atoms with E-state index in [1.807, 2.05) is 19.1 Å². The number of anilines is 1. The molecule has 0 saturated carbocycles. The molecule has 0 bridgehead atoms. The first-order valence-electron chi connectivity index (χ1n) is 7.09. The van der Waals surface area contributed by atoms with Crippen LogP contribution in [0.25, 0.3) is 0 Å². The van der Waals surface area contributed by atoms with E-state index in [2.05, 4.69) is 10.6 Å². The van der Waals surface area contributed by atoms with Gasteiger partial charge >= 0.3 is 12.0 Å². The molecule has 0 saturated heterocycles. The maximum atomic E-state index is 12.0. The molecule has 23 heavy (non-hydrogen) atoms. The van der Waals surface area contributed by atoms with Crippen molar-refractivity contribution < 1.29 is 19.8 Å². The molecule has 0 fully saturated rings. The minimum absolute atomic E-state index is 0.103. The zero-order chi connectivity index (χ0) is 16.8. The summed E-state index contributed by atoms with van der Waals surface area (Å²) >= 11 is 0. The van der Waals surface area contributed by atoms with Crippen LogP contribution in [0, 0.1) is 6.92 Å². The number of phenolic OH excluding ortho intramolecular Hbond substituents is 1. The van der Waals surface area contributed by atoms with Crippen LogP contribution in [0.1, 0.15) is 11.1 Å². The highest BCUT2D eigenvalue weighted by molar-refractivity contribution is 5.92. The number of hydrogen-bond acceptors (Lipinski definition) is 3. The number of carbonyl (C=O) groups is 2. The Bertz CT molecular complexity index is 698. The number of nitrogens with one attached hydrogen (secondary N) is 2. The quantitative estimate of drug-likeness (QED) is 0.681. The number of hydrogen-bond donors (Lipinski definition) is 4. The first kappa shape index (κ1) is 16.4. The standard InChI is InChI=1S/C17H18N2O4/c1-11-4-2-3-5-14(11)18-17(23)19-15(16(21)22)10-12-6-8-13(20)9-7-12/h2-9,15,20H,10H2,1H3,(H,21,22)(H2,18,19,23). The highest BCUT2D eigenvalue weighted by Gasteiger charge is 2.20. The fourth-order valence-corrected chi connectivity index (χ4v) is 2.10. The van der Waals surface area contributed by atoms with Crippen LogP contribution >= 0.6 is 0 Å². The Morgan fingerprint density at radius 3 is 2.35 bits per heavy atom. The van der Waals surface area contributed by atoms with E-state index in [4.69, 9.17) is 0 Å². The zero-order valence-corrected chi connectivity index (χ0v) is 12.6. The van der Waals surface area contributed by atoms with E-state index in [-0.39, 0.29) is 12.2 Å². The number of aryl methyl sites for hydroxylation is 1. The molecule has 0 heterocycles. The topological polar surface area (TPSA) is 98.7 Å². The van der Waals surface area contributed by atoms with Crippen LogP contribution in [0.5, 0.6) is 5.75 Å². The molecule has 2 aromatic carbocycles. The van der Waals surface area contributed by atoms with Gasteiger partial charge in [0.1, 0.15) is 11.8 Å². The lowest BCUT2D eigenvalue weighted by atomic mass is 10.1. The van der Waals surface area contributed by atoms with E-state index < -0.39 is 18.0 Å². The first-order chi connectivity index (χ1) is 11.0. The second kappa shape index (κ2) is 7.31. The predicted molar refractivity (Wildman–Crippen MR) is 86.6 cm³/mol. The molecule has 0 aliphatic carbocycles. The van der Waals surface area contributed by atoms with Crippen molar-refractivity contribution in [2.24, 2.45) is 0 Å². The molecule has 0 aliphatic rings. The Labute approximate surface area is 133 Å². The molecule has 2 aromatic rings. The number of benzene rings is 2. The average Bonchev–Trinajstić information content (AvgIpc) is 2.51. The summed E-state index contributed by atoms with van der Waals surface area (Å²) in [6.07, 6.45) is 0.122. The number of aliphatic carboxylic acids is 1. The molecule has 0 aliphatic heterocycles. The molecule has 4 N–H and O–H groups in total. The number of aromatic hydroxyl groups is 1. The van der Waals surface area contributed by atoms with Crippen LogP contribution in [0.15, 0.2) is 48.5 Å². The maximum Gasteiger partial charge on any atom is 0.326 e. The van der Waals surface area contributed by atoms with Gasteiger partial charge in [-0.25, -0.2) is 9.59 Å². The molecule has 0 aromatic heterocycles. The van der Waals surface area contributed by atoms with Crippen LogP contribution in [-0.4, -0.2) is 28.3 Å². The van der Waals surface area contributed by atoms with E-state index in [0.29, 0.717) is 11.3 Å². The molecule has 120 valence electrons. The Morgan fingerprint density at radius 1 is 1.09 bits per heavy atom. The van der Waals surface area contributed by atoms with Gasteiger partial charge in [0.2, 0.25) is 0 Å². The van der Waals surface area contributed by atoms with Gasteiger partial charge in [-0.2, -0.15) is 0 Å². The van der Waals surface area contributed by atoms with Crippen molar-refractivity contribution in [3.8, 4) is 5.75 Å². The number of rotatable bonds is 5. The number of phenols is 1. The van der Waals surface area contributed by atoms with Crippen molar-refractivity contribution in [1.29, 1.82) is 0 Å². The van der Waals surface area contributed by atoms with E-state index >= 15 is 0 Å². The van der Waals surface area contributed by atoms with Gasteiger partial charge in [-0.15, -0.1) is 0 Å². The van der Waals surface area contributed by atoms with Gasteiger partial charge in [0.15, 0.2) is 0 Å². The third-order valence-corrected chi connectivity index (χ3v) is 3.37. The zero-order valence-electron chi connectivity index (χ0n) is 12.6. The molecule has 2 amide bonds. The van der Waals surface area contributed by atoms with Gasteiger partial charge in [0.25, 0.3) is 0 Å². The van der Waals surface area contributed by atoms with Crippen LogP contribution in [0.3, 0.4) is 0 Å². The molecular weight excluding hydrogens is 296 g/mol. The summed E-state index contributed by atoms with van der Waals surface area (Å²) in [5.74, 6) is -1.02. The van der Waals surface area contributed by atoms with Crippen LogP contribution < -0.4 is 10.6 Å². The van der Waals surface area contributed by atoms with Gasteiger partial charge in [0, 0.05) is 12.1 Å². The highest BCUT2D eigenvalue weighted by atomic mass is 16.4. The second-order valence-corrected chi connectivity index (χ2v) is 5.17. The van der Waals surface area contributed by atoms with Gasteiger partial charge < -0.3 is 20.8 Å². The third kappa shape index (κ3) is 4.74. The Balaban J connectivity index is 2.01. The molecule has 0 spiro atoms. The normalized spacial score (nSPS) is 11.5. The monoisotopic (exact) mass is 314 g/mol. The minimum Gasteiger partial charge on any atom is -0.508 e. The van der Waals surface area contributed by atoms with Crippen molar-refractivity contribution in [1.82, 2.24) is 5.32 Å². The molecule has 1 atom stereocenters. The SMILES string of the molecule is Cc1ccccc1NC(=O)NC(Cc1ccc(O)cc1)C(=O)O. The van der Waals surface area contributed by atoms with E-state index in [0.717, 1.165) is 5.56 Å². The largest absolute Gasteiger partial charge is 0.508 e. The summed E-state index contributed by atoms with van der Waals surface area (Å²) in [5.41, 5.74) is 2.21.